The van der Waals surface area contributed by atoms with E-state index in [0.29, 0.717) is 12.8 Å². The van der Waals surface area contributed by atoms with E-state index in [1.165, 1.54) is 4.90 Å². The Morgan fingerprint density at radius 2 is 1.81 bits per heavy atom. The van der Waals surface area contributed by atoms with Crippen LogP contribution >= 0.6 is 0 Å². The van der Waals surface area contributed by atoms with Gasteiger partial charge in [-0.3, -0.25) is 19.8 Å². The van der Waals surface area contributed by atoms with E-state index in [1.54, 1.807) is 0 Å². The molecule has 16 heavy (non-hydrogen) atoms. The van der Waals surface area contributed by atoms with Crippen molar-refractivity contribution in [1.82, 2.24) is 10.2 Å². The number of imide groups is 2. The van der Waals surface area contributed by atoms with Crippen LogP contribution in [-0.2, 0) is 9.59 Å². The first-order chi connectivity index (χ1) is 7.38. The van der Waals surface area contributed by atoms with Crippen molar-refractivity contribution in [3.8, 4) is 0 Å². The monoisotopic (exact) mass is 222 g/mol. The third-order valence-corrected chi connectivity index (χ3v) is 4.03. The highest BCUT2D eigenvalue weighted by molar-refractivity contribution is 6.21. The van der Waals surface area contributed by atoms with E-state index >= 15 is 0 Å². The normalized spacial score (nSPS) is 34.0. The van der Waals surface area contributed by atoms with Crippen LogP contribution in [0, 0.1) is 10.8 Å². The quantitative estimate of drug-likeness (QED) is 0.662. The lowest BCUT2D eigenvalue weighted by atomic mass is 10.0. The van der Waals surface area contributed by atoms with Gasteiger partial charge in [0.25, 0.3) is 0 Å². The van der Waals surface area contributed by atoms with Gasteiger partial charge in [-0.15, -0.1) is 0 Å². The fourth-order valence-electron chi connectivity index (χ4n) is 2.43. The third-order valence-electron chi connectivity index (χ3n) is 4.03. The molecule has 1 saturated heterocycles. The predicted molar refractivity (Wildman–Crippen MR) is 54.2 cm³/mol. The summed E-state index contributed by atoms with van der Waals surface area (Å²) in [6, 6.07) is -0.575. The fourth-order valence-corrected chi connectivity index (χ4v) is 2.43. The van der Waals surface area contributed by atoms with Crippen molar-refractivity contribution in [3.63, 3.8) is 0 Å². The van der Waals surface area contributed by atoms with Crippen molar-refractivity contribution >= 4 is 17.8 Å². The van der Waals surface area contributed by atoms with Crippen molar-refractivity contribution in [2.24, 2.45) is 10.8 Å². The Morgan fingerprint density at radius 1 is 1.25 bits per heavy atom. The smallest absolute Gasteiger partial charge is 0.277 e. The molecular weight excluding hydrogens is 208 g/mol. The van der Waals surface area contributed by atoms with Crippen LogP contribution < -0.4 is 5.32 Å². The highest BCUT2D eigenvalue weighted by Gasteiger charge is 2.66. The van der Waals surface area contributed by atoms with Gasteiger partial charge in [0.05, 0.1) is 0 Å². The van der Waals surface area contributed by atoms with E-state index < -0.39 is 17.4 Å². The zero-order valence-electron chi connectivity index (χ0n) is 9.37. The van der Waals surface area contributed by atoms with E-state index in [1.807, 2.05) is 13.8 Å². The van der Waals surface area contributed by atoms with Gasteiger partial charge in [-0.2, -0.15) is 0 Å². The summed E-state index contributed by atoms with van der Waals surface area (Å²) < 4.78 is 0. The summed E-state index contributed by atoms with van der Waals surface area (Å²) in [7, 11) is 0. The summed E-state index contributed by atoms with van der Waals surface area (Å²) >= 11 is 0. The molecule has 3 fully saturated rings. The number of barbiturate groups is 1. The minimum Gasteiger partial charge on any atom is -0.277 e. The van der Waals surface area contributed by atoms with Crippen molar-refractivity contribution in [3.05, 3.63) is 0 Å². The van der Waals surface area contributed by atoms with E-state index in [9.17, 15) is 14.4 Å². The summed E-state index contributed by atoms with van der Waals surface area (Å²) in [5.41, 5.74) is -0.893. The van der Waals surface area contributed by atoms with Crippen LogP contribution in [-0.4, -0.2) is 28.8 Å². The first-order valence-electron chi connectivity index (χ1n) is 5.58. The Morgan fingerprint density at radius 3 is 2.25 bits per heavy atom. The number of amides is 4. The molecule has 1 unspecified atom stereocenters. The summed E-state index contributed by atoms with van der Waals surface area (Å²) in [5, 5.41) is 2.30. The topological polar surface area (TPSA) is 66.5 Å². The van der Waals surface area contributed by atoms with Crippen LogP contribution in [0.5, 0.6) is 0 Å². The lowest BCUT2D eigenvalue weighted by molar-refractivity contribution is -0.145. The van der Waals surface area contributed by atoms with Crippen LogP contribution in [0.2, 0.25) is 0 Å². The molecule has 0 radical (unpaired) electrons. The maximum atomic E-state index is 12.1. The lowest BCUT2D eigenvalue weighted by Crippen LogP contribution is -2.60. The molecule has 1 aliphatic heterocycles. The average Bonchev–Trinajstić information content (AvgIpc) is 3.02. The molecule has 0 aromatic heterocycles. The Balaban J connectivity index is 1.91. The minimum absolute atomic E-state index is 0.00344. The Kier molecular flexibility index (Phi) is 1.51. The van der Waals surface area contributed by atoms with Gasteiger partial charge >= 0.3 is 6.03 Å². The SMILES string of the molecule is CC1(C)CC1N1C(=O)NC(=O)C2(CC2)C1=O. The van der Waals surface area contributed by atoms with Crippen LogP contribution in [0.15, 0.2) is 0 Å². The molecule has 1 atom stereocenters. The second kappa shape index (κ2) is 2.47. The third kappa shape index (κ3) is 1.03. The summed E-state index contributed by atoms with van der Waals surface area (Å²) in [6.45, 7) is 4.04. The Bertz CT molecular complexity index is 423. The molecular formula is C11H14N2O3. The van der Waals surface area contributed by atoms with Gasteiger partial charge in [-0.05, 0) is 24.7 Å². The number of hydrogen-bond donors (Lipinski definition) is 1. The van der Waals surface area contributed by atoms with Gasteiger partial charge in [0.2, 0.25) is 11.8 Å². The van der Waals surface area contributed by atoms with E-state index in [-0.39, 0.29) is 17.4 Å². The molecule has 5 heteroatoms. The first-order valence-corrected chi connectivity index (χ1v) is 5.58. The summed E-state index contributed by atoms with van der Waals surface area (Å²) in [5.74, 6) is -0.686. The van der Waals surface area contributed by atoms with Gasteiger partial charge in [-0.1, -0.05) is 13.8 Å². The molecule has 0 aromatic carbocycles. The standard InChI is InChI=1S/C11H14N2O3/c1-10(2)5-6(10)13-8(15)11(3-4-11)7(14)12-9(13)16/h6H,3-5H2,1-2H3,(H,12,14,16). The zero-order valence-corrected chi connectivity index (χ0v) is 9.37. The first kappa shape index (κ1) is 9.81. The number of carbonyl (C=O) groups is 3. The van der Waals surface area contributed by atoms with Crippen molar-refractivity contribution < 1.29 is 14.4 Å². The number of carbonyl (C=O) groups excluding carboxylic acids is 3. The second-order valence-corrected chi connectivity index (χ2v) is 5.73. The lowest BCUT2D eigenvalue weighted by Gasteiger charge is -2.31. The van der Waals surface area contributed by atoms with Gasteiger partial charge in [0.15, 0.2) is 0 Å². The van der Waals surface area contributed by atoms with Gasteiger partial charge in [-0.25, -0.2) is 4.79 Å². The van der Waals surface area contributed by atoms with Crippen molar-refractivity contribution in [1.29, 1.82) is 0 Å². The largest absolute Gasteiger partial charge is 0.331 e. The molecule has 1 N–H and O–H groups in total. The highest BCUT2D eigenvalue weighted by atomic mass is 16.2. The maximum Gasteiger partial charge on any atom is 0.331 e. The van der Waals surface area contributed by atoms with Crippen LogP contribution in [0.4, 0.5) is 4.79 Å². The van der Waals surface area contributed by atoms with Crippen molar-refractivity contribution in [2.45, 2.75) is 39.2 Å². The average molecular weight is 222 g/mol. The molecule has 1 heterocycles. The molecule has 86 valence electrons. The van der Waals surface area contributed by atoms with Crippen LogP contribution in [0.25, 0.3) is 0 Å². The molecule has 2 aliphatic carbocycles. The molecule has 4 amide bonds. The highest BCUT2D eigenvalue weighted by Crippen LogP contribution is 2.54. The number of urea groups is 1. The maximum absolute atomic E-state index is 12.1. The molecule has 3 aliphatic rings. The molecule has 0 bridgehead atoms. The summed E-state index contributed by atoms with van der Waals surface area (Å²) in [4.78, 5) is 36.7. The number of nitrogens with zero attached hydrogens (tertiary/aromatic N) is 1. The molecule has 2 saturated carbocycles. The van der Waals surface area contributed by atoms with Crippen LogP contribution in [0.3, 0.4) is 0 Å². The van der Waals surface area contributed by atoms with E-state index in [0.717, 1.165) is 6.42 Å². The van der Waals surface area contributed by atoms with Crippen LogP contribution in [0.1, 0.15) is 33.1 Å². The molecule has 0 aromatic rings. The minimum atomic E-state index is -0.896. The second-order valence-electron chi connectivity index (χ2n) is 5.73. The van der Waals surface area contributed by atoms with Gasteiger partial charge < -0.3 is 0 Å². The van der Waals surface area contributed by atoms with E-state index in [4.69, 9.17) is 0 Å². The molecule has 5 nitrogen and oxygen atoms in total. The predicted octanol–water partition coefficient (Wildman–Crippen LogP) is 0.643. The molecule has 1 spiro atoms. The van der Waals surface area contributed by atoms with Crippen molar-refractivity contribution in [2.75, 3.05) is 0 Å². The van der Waals surface area contributed by atoms with E-state index in [2.05, 4.69) is 5.32 Å². The molecule has 3 rings (SSSR count). The number of rotatable bonds is 1. The number of nitrogens with one attached hydrogen (secondary N) is 1. The van der Waals surface area contributed by atoms with Gasteiger partial charge in [0, 0.05) is 6.04 Å². The van der Waals surface area contributed by atoms with Gasteiger partial charge in [0.1, 0.15) is 5.41 Å². The number of hydrogen-bond acceptors (Lipinski definition) is 3. The zero-order chi connectivity index (χ0) is 11.7. The Labute approximate surface area is 93.2 Å². The fraction of sp³-hybridized carbons (Fsp3) is 0.727. The summed E-state index contributed by atoms with van der Waals surface area (Å²) in [6.07, 6.45) is 1.99. The Hall–Kier alpha value is -1.39.